The molecule has 1 fully saturated rings. The van der Waals surface area contributed by atoms with Gasteiger partial charge in [-0.2, -0.15) is 0 Å². The Labute approximate surface area is 61.5 Å². The van der Waals surface area contributed by atoms with Crippen LogP contribution in [0.3, 0.4) is 0 Å². The van der Waals surface area contributed by atoms with E-state index in [9.17, 15) is 8.42 Å². The summed E-state index contributed by atoms with van der Waals surface area (Å²) in [5.41, 5.74) is 5.36. The summed E-state index contributed by atoms with van der Waals surface area (Å²) in [6.07, 6.45) is 1.78. The van der Waals surface area contributed by atoms with E-state index in [1.54, 1.807) is 0 Å². The molecule has 0 aromatic rings. The van der Waals surface area contributed by atoms with Crippen molar-refractivity contribution >= 4 is 9.84 Å². The van der Waals surface area contributed by atoms with E-state index in [0.29, 0.717) is 18.1 Å². The van der Waals surface area contributed by atoms with E-state index >= 15 is 0 Å². The Kier molecular flexibility index (Phi) is 2.31. The monoisotopic (exact) mass is 163 g/mol. The normalized spacial score (nSPS) is 31.9. The second-order valence-corrected chi connectivity index (χ2v) is 5.09. The molecule has 0 spiro atoms. The van der Waals surface area contributed by atoms with Crippen molar-refractivity contribution < 1.29 is 8.42 Å². The van der Waals surface area contributed by atoms with Gasteiger partial charge in [0.15, 0.2) is 9.84 Å². The molecule has 3 nitrogen and oxygen atoms in total. The van der Waals surface area contributed by atoms with Gasteiger partial charge in [0.2, 0.25) is 0 Å². The molecule has 1 aliphatic rings. The van der Waals surface area contributed by atoms with Crippen molar-refractivity contribution in [2.24, 2.45) is 11.7 Å². The minimum Gasteiger partial charge on any atom is -0.330 e. The largest absolute Gasteiger partial charge is 0.330 e. The minimum absolute atomic E-state index is 0.221. The van der Waals surface area contributed by atoms with Gasteiger partial charge in [0.25, 0.3) is 0 Å². The molecule has 10 heavy (non-hydrogen) atoms. The second kappa shape index (κ2) is 2.88. The molecule has 0 aliphatic carbocycles. The Hall–Kier alpha value is -0.0900. The van der Waals surface area contributed by atoms with Crippen LogP contribution >= 0.6 is 0 Å². The van der Waals surface area contributed by atoms with Crippen LogP contribution in [0.4, 0.5) is 0 Å². The molecule has 1 aliphatic heterocycles. The maximum absolute atomic E-state index is 11.0. The first-order valence-electron chi connectivity index (χ1n) is 3.54. The molecule has 1 unspecified atom stereocenters. The number of rotatable bonds is 1. The Morgan fingerprint density at radius 3 is 2.60 bits per heavy atom. The third-order valence-corrected chi connectivity index (χ3v) is 3.78. The summed E-state index contributed by atoms with van der Waals surface area (Å²) in [5, 5.41) is 0. The van der Waals surface area contributed by atoms with Crippen LogP contribution in [0.1, 0.15) is 12.8 Å². The SMILES string of the molecule is NCC1CCCS(=O)(=O)C1. The van der Waals surface area contributed by atoms with Gasteiger partial charge in [-0.05, 0) is 25.3 Å². The fourth-order valence-electron chi connectivity index (χ4n) is 1.30. The molecular weight excluding hydrogens is 150 g/mol. The first kappa shape index (κ1) is 8.01. The van der Waals surface area contributed by atoms with Crippen LogP contribution in [0, 0.1) is 5.92 Å². The molecule has 1 saturated heterocycles. The van der Waals surface area contributed by atoms with Crippen molar-refractivity contribution in [1.82, 2.24) is 0 Å². The smallest absolute Gasteiger partial charge is 0.150 e. The third kappa shape index (κ3) is 1.95. The molecule has 0 aromatic heterocycles. The first-order chi connectivity index (χ1) is 4.64. The maximum atomic E-state index is 11.0. The quantitative estimate of drug-likeness (QED) is 0.581. The highest BCUT2D eigenvalue weighted by atomic mass is 32.2. The zero-order valence-corrected chi connectivity index (χ0v) is 6.73. The summed E-state index contributed by atoms with van der Waals surface area (Å²) in [6, 6.07) is 0. The molecule has 1 atom stereocenters. The van der Waals surface area contributed by atoms with Crippen LogP contribution in [0.5, 0.6) is 0 Å². The van der Waals surface area contributed by atoms with E-state index in [0.717, 1.165) is 12.8 Å². The third-order valence-electron chi connectivity index (χ3n) is 1.89. The second-order valence-electron chi connectivity index (χ2n) is 2.86. The number of hydrogen-bond donors (Lipinski definition) is 1. The Morgan fingerprint density at radius 1 is 1.50 bits per heavy atom. The standard InChI is InChI=1S/C6H13NO2S/c7-4-6-2-1-3-10(8,9)5-6/h6H,1-5,7H2. The van der Waals surface area contributed by atoms with Crippen molar-refractivity contribution in [3.8, 4) is 0 Å². The zero-order valence-electron chi connectivity index (χ0n) is 5.91. The predicted molar refractivity (Wildman–Crippen MR) is 40.4 cm³/mol. The molecule has 0 saturated carbocycles. The highest BCUT2D eigenvalue weighted by molar-refractivity contribution is 7.91. The highest BCUT2D eigenvalue weighted by Gasteiger charge is 2.22. The average molecular weight is 163 g/mol. The molecule has 0 amide bonds. The van der Waals surface area contributed by atoms with Gasteiger partial charge in [-0.1, -0.05) is 0 Å². The van der Waals surface area contributed by atoms with Crippen molar-refractivity contribution in [2.45, 2.75) is 12.8 Å². The highest BCUT2D eigenvalue weighted by Crippen LogP contribution is 2.16. The number of hydrogen-bond acceptors (Lipinski definition) is 3. The summed E-state index contributed by atoms with van der Waals surface area (Å²) in [4.78, 5) is 0. The van der Waals surface area contributed by atoms with Crippen LogP contribution in [0.2, 0.25) is 0 Å². The van der Waals surface area contributed by atoms with E-state index < -0.39 is 9.84 Å². The fraction of sp³-hybridized carbons (Fsp3) is 1.00. The summed E-state index contributed by atoms with van der Waals surface area (Å²) >= 11 is 0. The van der Waals surface area contributed by atoms with E-state index in [-0.39, 0.29) is 5.92 Å². The molecule has 0 bridgehead atoms. The van der Waals surface area contributed by atoms with Gasteiger partial charge in [0.1, 0.15) is 0 Å². The maximum Gasteiger partial charge on any atom is 0.150 e. The zero-order chi connectivity index (χ0) is 7.61. The van der Waals surface area contributed by atoms with Crippen molar-refractivity contribution in [2.75, 3.05) is 18.1 Å². The van der Waals surface area contributed by atoms with Gasteiger partial charge in [0.05, 0.1) is 11.5 Å². The molecule has 1 rings (SSSR count). The predicted octanol–water partition coefficient (Wildman–Crippen LogP) is -0.230. The minimum atomic E-state index is -2.72. The van der Waals surface area contributed by atoms with Crippen LogP contribution in [0.25, 0.3) is 0 Å². The summed E-state index contributed by atoms with van der Waals surface area (Å²) in [6.45, 7) is 0.513. The lowest BCUT2D eigenvalue weighted by molar-refractivity contribution is 0.493. The van der Waals surface area contributed by atoms with E-state index in [1.165, 1.54) is 0 Å². The van der Waals surface area contributed by atoms with E-state index in [2.05, 4.69) is 0 Å². The van der Waals surface area contributed by atoms with Crippen LogP contribution < -0.4 is 5.73 Å². The van der Waals surface area contributed by atoms with Gasteiger partial charge in [-0.3, -0.25) is 0 Å². The van der Waals surface area contributed by atoms with Gasteiger partial charge in [-0.15, -0.1) is 0 Å². The lowest BCUT2D eigenvalue weighted by Crippen LogP contribution is -2.29. The van der Waals surface area contributed by atoms with Crippen LogP contribution in [0.15, 0.2) is 0 Å². The van der Waals surface area contributed by atoms with Crippen LogP contribution in [-0.4, -0.2) is 26.5 Å². The Bertz CT molecular complexity index is 198. The van der Waals surface area contributed by atoms with Gasteiger partial charge in [-0.25, -0.2) is 8.42 Å². The number of nitrogens with two attached hydrogens (primary N) is 1. The van der Waals surface area contributed by atoms with Crippen molar-refractivity contribution in [3.05, 3.63) is 0 Å². The van der Waals surface area contributed by atoms with Gasteiger partial charge in [0, 0.05) is 0 Å². The molecule has 0 aromatic carbocycles. The number of sulfone groups is 1. The van der Waals surface area contributed by atoms with Crippen molar-refractivity contribution in [3.63, 3.8) is 0 Å². The molecule has 60 valence electrons. The molecule has 1 heterocycles. The summed E-state index contributed by atoms with van der Waals surface area (Å²) in [5.74, 6) is 0.895. The topological polar surface area (TPSA) is 60.2 Å². The fourth-order valence-corrected chi connectivity index (χ4v) is 3.10. The lowest BCUT2D eigenvalue weighted by atomic mass is 10.1. The molecule has 0 radical (unpaired) electrons. The van der Waals surface area contributed by atoms with Gasteiger partial charge >= 0.3 is 0 Å². The molecule has 2 N–H and O–H groups in total. The first-order valence-corrected chi connectivity index (χ1v) is 5.37. The van der Waals surface area contributed by atoms with Gasteiger partial charge < -0.3 is 5.73 Å². The van der Waals surface area contributed by atoms with Crippen LogP contribution in [-0.2, 0) is 9.84 Å². The van der Waals surface area contributed by atoms with E-state index in [1.807, 2.05) is 0 Å². The summed E-state index contributed by atoms with van der Waals surface area (Å²) < 4.78 is 21.9. The lowest BCUT2D eigenvalue weighted by Gasteiger charge is -2.19. The summed E-state index contributed by atoms with van der Waals surface area (Å²) in [7, 11) is -2.72. The average Bonchev–Trinajstić information content (AvgIpc) is 1.86. The van der Waals surface area contributed by atoms with Crippen molar-refractivity contribution in [1.29, 1.82) is 0 Å². The molecule has 4 heteroatoms. The molecular formula is C6H13NO2S. The van der Waals surface area contributed by atoms with E-state index in [4.69, 9.17) is 5.73 Å². The Balaban J connectivity index is 2.56. The Morgan fingerprint density at radius 2 is 2.20 bits per heavy atom.